The molecule has 0 aromatic carbocycles. The van der Waals surface area contributed by atoms with E-state index in [2.05, 4.69) is 30.9 Å². The van der Waals surface area contributed by atoms with Gasteiger partial charge in [-0.3, -0.25) is 9.20 Å². The van der Waals surface area contributed by atoms with Gasteiger partial charge in [0.15, 0.2) is 10.7 Å². The molecule has 1 N–H and O–H groups in total. The summed E-state index contributed by atoms with van der Waals surface area (Å²) in [5.41, 5.74) is 0.962. The van der Waals surface area contributed by atoms with Crippen LogP contribution in [0, 0.1) is 11.3 Å². The molecule has 2 saturated carbocycles. The first-order chi connectivity index (χ1) is 17.1. The molecule has 0 spiro atoms. The zero-order valence-corrected chi connectivity index (χ0v) is 21.7. The van der Waals surface area contributed by atoms with Crippen molar-refractivity contribution in [3.05, 3.63) is 23.5 Å². The monoisotopic (exact) mass is 526 g/mol. The van der Waals surface area contributed by atoms with Crippen molar-refractivity contribution < 1.29 is 13.2 Å². The van der Waals surface area contributed by atoms with Crippen molar-refractivity contribution in [3.63, 3.8) is 0 Å². The molecule has 1 amide bonds. The Balaban J connectivity index is 1.44. The van der Waals surface area contributed by atoms with Gasteiger partial charge in [-0.1, -0.05) is 11.3 Å². The number of imidazole rings is 1. The lowest BCUT2D eigenvalue weighted by atomic mass is 10.1. The number of pyridine rings is 1. The summed E-state index contributed by atoms with van der Waals surface area (Å²) in [6.45, 7) is 5.70. The number of aromatic nitrogens is 4. The lowest BCUT2D eigenvalue weighted by Crippen LogP contribution is -2.48. The molecule has 36 heavy (non-hydrogen) atoms. The van der Waals surface area contributed by atoms with Gasteiger partial charge in [-0.2, -0.15) is 5.26 Å². The molecule has 11 nitrogen and oxygen atoms in total. The Bertz CT molecular complexity index is 1520. The Morgan fingerprint density at radius 3 is 2.50 bits per heavy atom. The zero-order valence-electron chi connectivity index (χ0n) is 20.1. The third-order valence-corrected chi connectivity index (χ3v) is 10.1. The molecule has 4 heterocycles. The smallest absolute Gasteiger partial charge is 0.242 e. The molecule has 188 valence electrons. The van der Waals surface area contributed by atoms with Crippen molar-refractivity contribution in [3.8, 4) is 16.8 Å². The number of hydrogen-bond acceptors (Lipinski definition) is 9. The second-order valence-electron chi connectivity index (χ2n) is 10.2. The third-order valence-electron chi connectivity index (χ3n) is 7.34. The van der Waals surface area contributed by atoms with Gasteiger partial charge in [-0.05, 0) is 38.7 Å². The largest absolute Gasteiger partial charge is 0.365 e. The second kappa shape index (κ2) is 7.96. The first kappa shape index (κ1) is 23.3. The standard InChI is InChI=1S/C23H26N8O3S2/c1-15(32)29-7-9-30(10-8-29)17-11-16(36(33,34)28-22(2)3-4-22)13-31-18(12-25-19(17)31)20-26-27-21(35-20)23(14-24)5-6-23/h11-13,28H,3-10H2,1-2H3. The van der Waals surface area contributed by atoms with Crippen LogP contribution in [0.1, 0.15) is 44.5 Å². The van der Waals surface area contributed by atoms with Crippen LogP contribution in [-0.4, -0.2) is 70.5 Å². The van der Waals surface area contributed by atoms with Crippen LogP contribution >= 0.6 is 11.3 Å². The van der Waals surface area contributed by atoms with Crippen molar-refractivity contribution in [1.82, 2.24) is 29.2 Å². The fraction of sp³-hybridized carbons (Fsp3) is 0.522. The van der Waals surface area contributed by atoms with E-state index in [1.807, 2.05) is 6.92 Å². The van der Waals surface area contributed by atoms with Crippen LogP contribution < -0.4 is 9.62 Å². The summed E-state index contributed by atoms with van der Waals surface area (Å²) in [4.78, 5) is 20.5. The van der Waals surface area contributed by atoms with Crippen LogP contribution in [0.25, 0.3) is 16.3 Å². The van der Waals surface area contributed by atoms with Gasteiger partial charge in [0.1, 0.15) is 21.0 Å². The van der Waals surface area contributed by atoms with Crippen LogP contribution in [0.5, 0.6) is 0 Å². The van der Waals surface area contributed by atoms with E-state index in [1.165, 1.54) is 11.3 Å². The molecule has 3 aliphatic rings. The number of hydrogen-bond donors (Lipinski definition) is 1. The molecule has 3 aromatic heterocycles. The molecule has 2 aliphatic carbocycles. The Morgan fingerprint density at radius 1 is 1.17 bits per heavy atom. The maximum atomic E-state index is 13.4. The molecule has 3 fully saturated rings. The molecule has 1 aliphatic heterocycles. The van der Waals surface area contributed by atoms with Crippen LogP contribution in [0.3, 0.4) is 0 Å². The van der Waals surface area contributed by atoms with Crippen molar-refractivity contribution in [2.24, 2.45) is 0 Å². The molecule has 13 heteroatoms. The predicted octanol–water partition coefficient (Wildman–Crippen LogP) is 1.91. The first-order valence-electron chi connectivity index (χ1n) is 11.9. The van der Waals surface area contributed by atoms with Crippen LogP contribution in [-0.2, 0) is 20.2 Å². The molecule has 0 unspecified atom stereocenters. The summed E-state index contributed by atoms with van der Waals surface area (Å²) in [7, 11) is -3.79. The number of nitrogens with one attached hydrogen (secondary N) is 1. The minimum Gasteiger partial charge on any atom is -0.365 e. The van der Waals surface area contributed by atoms with Crippen LogP contribution in [0.4, 0.5) is 5.69 Å². The van der Waals surface area contributed by atoms with Gasteiger partial charge >= 0.3 is 0 Å². The van der Waals surface area contributed by atoms with Crippen molar-refractivity contribution in [2.75, 3.05) is 31.1 Å². The quantitative estimate of drug-likeness (QED) is 0.514. The maximum absolute atomic E-state index is 13.4. The SMILES string of the molecule is CC(=O)N1CCN(c2cc(S(=O)(=O)NC3(C)CC3)cn3c(-c4nnc(C5(C#N)CC5)s4)cnc23)CC1. The zero-order chi connectivity index (χ0) is 25.3. The van der Waals surface area contributed by atoms with Crippen molar-refractivity contribution in [1.29, 1.82) is 5.26 Å². The molecule has 0 bridgehead atoms. The van der Waals surface area contributed by atoms with E-state index in [0.29, 0.717) is 53.2 Å². The molecule has 3 aromatic rings. The van der Waals surface area contributed by atoms with E-state index in [-0.39, 0.29) is 10.8 Å². The van der Waals surface area contributed by atoms with Gasteiger partial charge < -0.3 is 9.80 Å². The third kappa shape index (κ3) is 3.93. The summed E-state index contributed by atoms with van der Waals surface area (Å²) < 4.78 is 31.4. The van der Waals surface area contributed by atoms with Gasteiger partial charge in [0.2, 0.25) is 15.9 Å². The molecule has 0 atom stereocenters. The molecule has 1 saturated heterocycles. The van der Waals surface area contributed by atoms with E-state index in [1.54, 1.807) is 34.7 Å². The summed E-state index contributed by atoms with van der Waals surface area (Å²) in [6, 6.07) is 4.02. The van der Waals surface area contributed by atoms with E-state index < -0.39 is 21.0 Å². The maximum Gasteiger partial charge on any atom is 0.242 e. The number of nitriles is 1. The summed E-state index contributed by atoms with van der Waals surface area (Å²) in [5.74, 6) is 0.0268. The van der Waals surface area contributed by atoms with E-state index in [9.17, 15) is 18.5 Å². The fourth-order valence-corrected chi connectivity index (χ4v) is 7.07. The average molecular weight is 527 g/mol. The number of carbonyl (C=O) groups excluding carboxylic acids is 1. The number of sulfonamides is 1. The minimum absolute atomic E-state index is 0.0268. The van der Waals surface area contributed by atoms with Gasteiger partial charge in [-0.25, -0.2) is 18.1 Å². The number of amides is 1. The number of rotatable bonds is 6. The Labute approximate surface area is 212 Å². The van der Waals surface area contributed by atoms with Crippen molar-refractivity contribution in [2.45, 2.75) is 55.4 Å². The number of carbonyl (C=O) groups is 1. The van der Waals surface area contributed by atoms with E-state index in [4.69, 9.17) is 0 Å². The van der Waals surface area contributed by atoms with Gasteiger partial charge in [0.05, 0.1) is 18.0 Å². The summed E-state index contributed by atoms with van der Waals surface area (Å²) >= 11 is 1.35. The number of nitrogens with zero attached hydrogens (tertiary/aromatic N) is 7. The lowest BCUT2D eigenvalue weighted by molar-refractivity contribution is -0.129. The van der Waals surface area contributed by atoms with Crippen LogP contribution in [0.15, 0.2) is 23.4 Å². The molecular weight excluding hydrogens is 500 g/mol. The van der Waals surface area contributed by atoms with Crippen molar-refractivity contribution >= 4 is 38.6 Å². The minimum atomic E-state index is -3.79. The number of anilines is 1. The second-order valence-corrected chi connectivity index (χ2v) is 12.8. The molecule has 6 rings (SSSR count). The number of piperazine rings is 1. The molecule has 0 radical (unpaired) electrons. The van der Waals surface area contributed by atoms with E-state index >= 15 is 0 Å². The van der Waals surface area contributed by atoms with Crippen LogP contribution in [0.2, 0.25) is 0 Å². The predicted molar refractivity (Wildman–Crippen MR) is 133 cm³/mol. The lowest BCUT2D eigenvalue weighted by Gasteiger charge is -2.35. The number of fused-ring (bicyclic) bond motifs is 1. The topological polar surface area (TPSA) is 137 Å². The summed E-state index contributed by atoms with van der Waals surface area (Å²) in [5, 5.41) is 19.4. The first-order valence-corrected chi connectivity index (χ1v) is 14.2. The average Bonchev–Trinajstić information content (AvgIpc) is 3.68. The normalized spacial score (nSPS) is 20.4. The highest BCUT2D eigenvalue weighted by Gasteiger charge is 2.48. The highest BCUT2D eigenvalue weighted by atomic mass is 32.2. The van der Waals surface area contributed by atoms with Gasteiger partial charge in [0, 0.05) is 44.8 Å². The van der Waals surface area contributed by atoms with Gasteiger partial charge in [-0.15, -0.1) is 10.2 Å². The fourth-order valence-electron chi connectivity index (χ4n) is 4.54. The Morgan fingerprint density at radius 2 is 1.89 bits per heavy atom. The highest BCUT2D eigenvalue weighted by Crippen LogP contribution is 2.49. The van der Waals surface area contributed by atoms with E-state index in [0.717, 1.165) is 25.7 Å². The van der Waals surface area contributed by atoms with Gasteiger partial charge in [0.25, 0.3) is 0 Å². The Kier molecular flexibility index (Phi) is 5.16. The summed E-state index contributed by atoms with van der Waals surface area (Å²) in [6.07, 6.45) is 6.41. The highest BCUT2D eigenvalue weighted by molar-refractivity contribution is 7.89. The molecular formula is C23H26N8O3S2. The Hall–Kier alpha value is -3.08.